The zero-order valence-electron chi connectivity index (χ0n) is 12.8. The molecule has 0 saturated carbocycles. The molecular formula is C17H25ClN2S. The van der Waals surface area contributed by atoms with Crippen molar-refractivity contribution >= 4 is 28.8 Å². The van der Waals surface area contributed by atoms with Gasteiger partial charge in [-0.2, -0.15) is 0 Å². The van der Waals surface area contributed by atoms with Gasteiger partial charge in [0.05, 0.1) is 0 Å². The average molecular weight is 325 g/mol. The van der Waals surface area contributed by atoms with Crippen molar-refractivity contribution in [3.8, 4) is 0 Å². The molecule has 2 nitrogen and oxygen atoms in total. The van der Waals surface area contributed by atoms with Crippen LogP contribution in [0.2, 0.25) is 5.02 Å². The minimum atomic E-state index is 0.403. The molecule has 1 saturated heterocycles. The van der Waals surface area contributed by atoms with E-state index in [1.165, 1.54) is 50.8 Å². The number of benzene rings is 1. The van der Waals surface area contributed by atoms with E-state index in [0.29, 0.717) is 4.99 Å². The average Bonchev–Trinajstić information content (AvgIpc) is 2.67. The maximum atomic E-state index is 6.37. The quantitative estimate of drug-likeness (QED) is 0.815. The summed E-state index contributed by atoms with van der Waals surface area (Å²) in [6.45, 7) is 5.56. The van der Waals surface area contributed by atoms with Crippen LogP contribution in [-0.2, 0) is 6.54 Å². The highest BCUT2D eigenvalue weighted by atomic mass is 35.5. The van der Waals surface area contributed by atoms with Gasteiger partial charge in [0, 0.05) is 17.1 Å². The Morgan fingerprint density at radius 3 is 2.86 bits per heavy atom. The smallest absolute Gasteiger partial charge is 0.104 e. The van der Waals surface area contributed by atoms with E-state index in [0.717, 1.165) is 23.0 Å². The molecule has 1 aliphatic heterocycles. The lowest BCUT2D eigenvalue weighted by atomic mass is 9.96. The number of hydrogen-bond donors (Lipinski definition) is 1. The number of hydrogen-bond acceptors (Lipinski definition) is 2. The third kappa shape index (κ3) is 4.94. The molecule has 0 spiro atoms. The summed E-state index contributed by atoms with van der Waals surface area (Å²) in [4.78, 5) is 2.93. The summed E-state index contributed by atoms with van der Waals surface area (Å²) in [6.07, 6.45) is 6.66. The Bertz CT molecular complexity index is 490. The molecule has 0 amide bonds. The van der Waals surface area contributed by atoms with Gasteiger partial charge >= 0.3 is 0 Å². The van der Waals surface area contributed by atoms with Crippen LogP contribution in [-0.4, -0.2) is 23.0 Å². The highest BCUT2D eigenvalue weighted by molar-refractivity contribution is 7.80. The van der Waals surface area contributed by atoms with E-state index in [1.807, 2.05) is 12.1 Å². The molecule has 116 valence electrons. The lowest BCUT2D eigenvalue weighted by Crippen LogP contribution is -2.24. The van der Waals surface area contributed by atoms with Gasteiger partial charge in [-0.15, -0.1) is 0 Å². The van der Waals surface area contributed by atoms with E-state index in [-0.39, 0.29) is 0 Å². The molecule has 0 bridgehead atoms. The molecule has 1 fully saturated rings. The van der Waals surface area contributed by atoms with Crippen molar-refractivity contribution in [1.82, 2.24) is 4.90 Å². The molecule has 0 aliphatic carbocycles. The van der Waals surface area contributed by atoms with Gasteiger partial charge in [0.1, 0.15) is 4.99 Å². The third-order valence-corrected chi connectivity index (χ3v) is 4.96. The monoisotopic (exact) mass is 324 g/mol. The first-order valence-corrected chi connectivity index (χ1v) is 8.69. The van der Waals surface area contributed by atoms with Crippen LogP contribution < -0.4 is 5.73 Å². The van der Waals surface area contributed by atoms with Crippen molar-refractivity contribution in [2.75, 3.05) is 13.1 Å². The fourth-order valence-corrected chi connectivity index (χ4v) is 3.52. The lowest BCUT2D eigenvalue weighted by Gasteiger charge is -2.21. The van der Waals surface area contributed by atoms with Gasteiger partial charge in [-0.25, -0.2) is 0 Å². The molecule has 1 atom stereocenters. The second kappa shape index (κ2) is 8.11. The van der Waals surface area contributed by atoms with E-state index in [2.05, 4.69) is 17.9 Å². The molecule has 1 aromatic rings. The fraction of sp³-hybridized carbons (Fsp3) is 0.588. The van der Waals surface area contributed by atoms with E-state index >= 15 is 0 Å². The van der Waals surface area contributed by atoms with Crippen LogP contribution in [0.5, 0.6) is 0 Å². The molecule has 4 heteroatoms. The van der Waals surface area contributed by atoms with Crippen molar-refractivity contribution in [3.63, 3.8) is 0 Å². The predicted molar refractivity (Wildman–Crippen MR) is 94.9 cm³/mol. The minimum absolute atomic E-state index is 0.403. The van der Waals surface area contributed by atoms with E-state index in [9.17, 15) is 0 Å². The molecule has 0 radical (unpaired) electrons. The summed E-state index contributed by atoms with van der Waals surface area (Å²) in [5, 5.41) is 0.773. The summed E-state index contributed by atoms with van der Waals surface area (Å²) >= 11 is 11.4. The Labute approximate surface area is 138 Å². The van der Waals surface area contributed by atoms with Crippen molar-refractivity contribution < 1.29 is 0 Å². The van der Waals surface area contributed by atoms with Gasteiger partial charge in [-0.1, -0.05) is 55.7 Å². The molecular weight excluding hydrogens is 300 g/mol. The second-order valence-corrected chi connectivity index (χ2v) is 6.88. The zero-order valence-corrected chi connectivity index (χ0v) is 14.3. The number of nitrogens with zero attached hydrogens (tertiary/aromatic N) is 1. The summed E-state index contributed by atoms with van der Waals surface area (Å²) < 4.78 is 0. The van der Waals surface area contributed by atoms with Crippen molar-refractivity contribution in [3.05, 3.63) is 34.3 Å². The van der Waals surface area contributed by atoms with Crippen LogP contribution in [0.4, 0.5) is 0 Å². The SMILES string of the molecule is CCCC1CCCN(Cc2ccc(C(N)=S)cc2Cl)CC1. The topological polar surface area (TPSA) is 29.3 Å². The van der Waals surface area contributed by atoms with Gasteiger partial charge in [-0.05, 0) is 49.9 Å². The van der Waals surface area contributed by atoms with Crippen molar-refractivity contribution in [1.29, 1.82) is 0 Å². The highest BCUT2D eigenvalue weighted by Crippen LogP contribution is 2.25. The van der Waals surface area contributed by atoms with E-state index < -0.39 is 0 Å². The predicted octanol–water partition coefficient (Wildman–Crippen LogP) is 4.38. The summed E-state index contributed by atoms with van der Waals surface area (Å²) in [5.74, 6) is 0.910. The van der Waals surface area contributed by atoms with Crippen LogP contribution in [0.15, 0.2) is 18.2 Å². The van der Waals surface area contributed by atoms with Crippen LogP contribution in [0.25, 0.3) is 0 Å². The van der Waals surface area contributed by atoms with E-state index in [4.69, 9.17) is 29.6 Å². The lowest BCUT2D eigenvalue weighted by molar-refractivity contribution is 0.271. The summed E-state index contributed by atoms with van der Waals surface area (Å²) in [5.41, 5.74) is 7.66. The van der Waals surface area contributed by atoms with Gasteiger partial charge in [0.25, 0.3) is 0 Å². The molecule has 21 heavy (non-hydrogen) atoms. The molecule has 1 heterocycles. The number of halogens is 1. The molecule has 2 rings (SSSR count). The van der Waals surface area contributed by atoms with Crippen molar-refractivity contribution in [2.24, 2.45) is 11.7 Å². The molecule has 1 aliphatic rings. The maximum absolute atomic E-state index is 6.37. The Balaban J connectivity index is 1.97. The van der Waals surface area contributed by atoms with E-state index in [1.54, 1.807) is 0 Å². The highest BCUT2D eigenvalue weighted by Gasteiger charge is 2.17. The molecule has 1 aromatic carbocycles. The first-order valence-electron chi connectivity index (χ1n) is 7.90. The third-order valence-electron chi connectivity index (χ3n) is 4.37. The number of rotatable bonds is 5. The normalized spacial score (nSPS) is 20.2. The van der Waals surface area contributed by atoms with Gasteiger partial charge in [-0.3, -0.25) is 4.90 Å². The Kier molecular flexibility index (Phi) is 6.46. The number of thiocarbonyl (C=S) groups is 1. The van der Waals surface area contributed by atoms with Crippen LogP contribution in [0, 0.1) is 5.92 Å². The minimum Gasteiger partial charge on any atom is -0.389 e. The zero-order chi connectivity index (χ0) is 15.2. The van der Waals surface area contributed by atoms with Gasteiger partial charge in [0.2, 0.25) is 0 Å². The van der Waals surface area contributed by atoms with Gasteiger partial charge in [0.15, 0.2) is 0 Å². The molecule has 2 N–H and O–H groups in total. The van der Waals surface area contributed by atoms with Crippen LogP contribution in [0.1, 0.15) is 50.2 Å². The Hall–Kier alpha value is -0.640. The number of nitrogens with two attached hydrogens (primary N) is 1. The largest absolute Gasteiger partial charge is 0.389 e. The van der Waals surface area contributed by atoms with Crippen LogP contribution >= 0.6 is 23.8 Å². The van der Waals surface area contributed by atoms with Crippen molar-refractivity contribution in [2.45, 2.75) is 45.6 Å². The summed E-state index contributed by atoms with van der Waals surface area (Å²) in [7, 11) is 0. The first-order chi connectivity index (χ1) is 10.1. The standard InChI is InChI=1S/C17H25ClN2S/c1-2-4-13-5-3-9-20(10-8-13)12-15-7-6-14(17(19)21)11-16(15)18/h6-7,11,13H,2-5,8-10,12H2,1H3,(H2,19,21). The van der Waals surface area contributed by atoms with Gasteiger partial charge < -0.3 is 5.73 Å². The second-order valence-electron chi connectivity index (χ2n) is 6.03. The fourth-order valence-electron chi connectivity index (χ4n) is 3.15. The first kappa shape index (κ1) is 16.7. The summed E-state index contributed by atoms with van der Waals surface area (Å²) in [6, 6.07) is 5.92. The van der Waals surface area contributed by atoms with Crippen LogP contribution in [0.3, 0.4) is 0 Å². The number of likely N-dealkylation sites (tertiary alicyclic amines) is 1. The molecule has 0 aromatic heterocycles. The Morgan fingerprint density at radius 1 is 1.38 bits per heavy atom. The molecule has 1 unspecified atom stereocenters. The Morgan fingerprint density at radius 2 is 2.19 bits per heavy atom. The maximum Gasteiger partial charge on any atom is 0.104 e.